The fraction of sp³-hybridized carbons (Fsp3) is 0.385. The summed E-state index contributed by atoms with van der Waals surface area (Å²) in [6.07, 6.45) is -6.75. The minimum absolute atomic E-state index is 0.140. The van der Waals surface area contributed by atoms with Crippen LogP contribution in [0.4, 0.5) is 32.2 Å². The summed E-state index contributed by atoms with van der Waals surface area (Å²) in [6.45, 7) is 3.06. The van der Waals surface area contributed by atoms with Gasteiger partial charge in [0.2, 0.25) is 5.82 Å². The van der Waals surface area contributed by atoms with Crippen LogP contribution in [-0.4, -0.2) is 75.1 Å². The van der Waals surface area contributed by atoms with Crippen LogP contribution in [0.25, 0.3) is 23.0 Å². The standard InChI is InChI=1S/C26H25F6N7O2/c1-17-13-21(24-34-23(36-41-24)19-3-5-20(6-4-19)40-26(30,31)32)35-39(17)15-18-7-8-33-22(14-18)38-10-2-9-37(11-12-38)16-25(27,28)29/h3-8,13-14H,2,9-12,15-16H2,1H3. The largest absolute Gasteiger partial charge is 0.573 e. The highest BCUT2D eigenvalue weighted by Crippen LogP contribution is 2.27. The molecule has 41 heavy (non-hydrogen) atoms. The number of rotatable bonds is 7. The van der Waals surface area contributed by atoms with Gasteiger partial charge in [-0.2, -0.15) is 23.3 Å². The van der Waals surface area contributed by atoms with E-state index in [4.69, 9.17) is 4.52 Å². The third kappa shape index (κ3) is 7.54. The van der Waals surface area contributed by atoms with Crippen LogP contribution in [0.3, 0.4) is 0 Å². The van der Waals surface area contributed by atoms with Gasteiger partial charge >= 0.3 is 12.5 Å². The fourth-order valence-corrected chi connectivity index (χ4v) is 4.54. The molecule has 0 radical (unpaired) electrons. The number of benzene rings is 1. The van der Waals surface area contributed by atoms with Gasteiger partial charge < -0.3 is 14.2 Å². The van der Waals surface area contributed by atoms with E-state index < -0.39 is 19.1 Å². The summed E-state index contributed by atoms with van der Waals surface area (Å²) in [5, 5.41) is 8.47. The molecule has 1 aliphatic heterocycles. The number of pyridine rings is 1. The Kier molecular flexibility index (Phi) is 7.89. The fourth-order valence-electron chi connectivity index (χ4n) is 4.54. The van der Waals surface area contributed by atoms with E-state index in [1.165, 1.54) is 17.0 Å². The van der Waals surface area contributed by atoms with E-state index in [1.54, 1.807) is 16.9 Å². The molecule has 1 aromatic carbocycles. The quantitative estimate of drug-likeness (QED) is 0.271. The van der Waals surface area contributed by atoms with E-state index in [9.17, 15) is 26.3 Å². The molecule has 3 aromatic heterocycles. The van der Waals surface area contributed by atoms with Crippen LogP contribution in [0, 0.1) is 6.92 Å². The van der Waals surface area contributed by atoms with Crippen LogP contribution < -0.4 is 9.64 Å². The van der Waals surface area contributed by atoms with Gasteiger partial charge in [-0.15, -0.1) is 13.2 Å². The zero-order valence-electron chi connectivity index (χ0n) is 21.8. The van der Waals surface area contributed by atoms with Gasteiger partial charge in [0.05, 0.1) is 13.1 Å². The molecule has 4 heterocycles. The third-order valence-electron chi connectivity index (χ3n) is 6.43. The maximum atomic E-state index is 12.8. The second kappa shape index (κ2) is 11.4. The Bertz CT molecular complexity index is 1470. The van der Waals surface area contributed by atoms with Crippen molar-refractivity contribution in [2.75, 3.05) is 37.6 Å². The number of alkyl halides is 6. The van der Waals surface area contributed by atoms with Crippen LogP contribution in [0.5, 0.6) is 5.75 Å². The van der Waals surface area contributed by atoms with E-state index in [2.05, 4.69) is 25.0 Å². The summed E-state index contributed by atoms with van der Waals surface area (Å²) in [5.41, 5.74) is 2.57. The highest BCUT2D eigenvalue weighted by molar-refractivity contribution is 5.59. The van der Waals surface area contributed by atoms with Crippen LogP contribution in [-0.2, 0) is 6.54 Å². The average Bonchev–Trinajstić information content (AvgIpc) is 3.45. The summed E-state index contributed by atoms with van der Waals surface area (Å²) < 4.78 is 86.6. The SMILES string of the molecule is Cc1cc(-c2nc(-c3ccc(OC(F)(F)F)cc3)no2)nn1Cc1ccnc(N2CCCN(CC(F)(F)F)CC2)c1. The molecule has 5 rings (SSSR count). The number of ether oxygens (including phenoxy) is 1. The molecule has 4 aromatic rings. The van der Waals surface area contributed by atoms with Crippen molar-refractivity contribution in [3.05, 3.63) is 59.9 Å². The highest BCUT2D eigenvalue weighted by atomic mass is 19.4. The molecule has 1 saturated heterocycles. The Morgan fingerprint density at radius 1 is 0.951 bits per heavy atom. The van der Waals surface area contributed by atoms with E-state index in [0.29, 0.717) is 56.2 Å². The van der Waals surface area contributed by atoms with E-state index in [1.807, 2.05) is 24.0 Å². The maximum Gasteiger partial charge on any atom is 0.573 e. The van der Waals surface area contributed by atoms with Crippen molar-refractivity contribution < 1.29 is 35.6 Å². The predicted octanol–water partition coefficient (Wildman–Crippen LogP) is 5.32. The summed E-state index contributed by atoms with van der Waals surface area (Å²) in [7, 11) is 0. The lowest BCUT2D eigenvalue weighted by molar-refractivity contribution is -0.274. The van der Waals surface area contributed by atoms with Crippen LogP contribution in [0.1, 0.15) is 17.7 Å². The zero-order chi connectivity index (χ0) is 29.2. The van der Waals surface area contributed by atoms with Crippen molar-refractivity contribution in [1.29, 1.82) is 0 Å². The van der Waals surface area contributed by atoms with Crippen molar-refractivity contribution in [3.63, 3.8) is 0 Å². The Hall–Kier alpha value is -4.14. The Labute approximate surface area is 230 Å². The molecule has 0 bridgehead atoms. The number of aromatic nitrogens is 5. The normalized spacial score (nSPS) is 15.2. The first-order valence-electron chi connectivity index (χ1n) is 12.7. The summed E-state index contributed by atoms with van der Waals surface area (Å²) >= 11 is 0. The van der Waals surface area contributed by atoms with Gasteiger partial charge in [0.15, 0.2) is 5.69 Å². The topological polar surface area (TPSA) is 85.3 Å². The molecule has 0 atom stereocenters. The van der Waals surface area contributed by atoms with Crippen molar-refractivity contribution >= 4 is 5.82 Å². The molecular weight excluding hydrogens is 556 g/mol. The van der Waals surface area contributed by atoms with E-state index in [-0.39, 0.29) is 17.5 Å². The van der Waals surface area contributed by atoms with Crippen molar-refractivity contribution in [2.24, 2.45) is 0 Å². The smallest absolute Gasteiger partial charge is 0.406 e. The lowest BCUT2D eigenvalue weighted by Gasteiger charge is -2.23. The first-order chi connectivity index (χ1) is 19.4. The maximum absolute atomic E-state index is 12.8. The third-order valence-corrected chi connectivity index (χ3v) is 6.43. The van der Waals surface area contributed by atoms with Crippen LogP contribution >= 0.6 is 0 Å². The lowest BCUT2D eigenvalue weighted by atomic mass is 10.2. The summed E-state index contributed by atoms with van der Waals surface area (Å²) in [6, 6.07) is 10.6. The first-order valence-corrected chi connectivity index (χ1v) is 12.7. The van der Waals surface area contributed by atoms with Gasteiger partial charge in [-0.3, -0.25) is 9.58 Å². The summed E-state index contributed by atoms with van der Waals surface area (Å²) in [5.74, 6) is 0.643. The minimum atomic E-state index is -4.79. The Balaban J connectivity index is 1.25. The molecule has 1 fully saturated rings. The van der Waals surface area contributed by atoms with Gasteiger partial charge in [0, 0.05) is 43.6 Å². The van der Waals surface area contributed by atoms with Crippen LogP contribution in [0.15, 0.2) is 53.2 Å². The lowest BCUT2D eigenvalue weighted by Crippen LogP contribution is -2.37. The molecule has 0 N–H and O–H groups in total. The van der Waals surface area contributed by atoms with Crippen molar-refractivity contribution in [2.45, 2.75) is 32.4 Å². The number of nitrogens with zero attached hydrogens (tertiary/aromatic N) is 7. The van der Waals surface area contributed by atoms with Crippen molar-refractivity contribution in [3.8, 4) is 28.7 Å². The van der Waals surface area contributed by atoms with Gasteiger partial charge in [-0.1, -0.05) is 5.16 Å². The Morgan fingerprint density at radius 2 is 1.73 bits per heavy atom. The summed E-state index contributed by atoms with van der Waals surface area (Å²) in [4.78, 5) is 12.2. The van der Waals surface area contributed by atoms with E-state index in [0.717, 1.165) is 23.4 Å². The van der Waals surface area contributed by atoms with Crippen molar-refractivity contribution in [1.82, 2.24) is 29.8 Å². The molecule has 0 saturated carbocycles. The number of anilines is 1. The monoisotopic (exact) mass is 581 g/mol. The molecular formula is C26H25F6N7O2. The molecule has 0 aliphatic carbocycles. The Morgan fingerprint density at radius 3 is 2.46 bits per heavy atom. The van der Waals surface area contributed by atoms with Gasteiger partial charge in [0.1, 0.15) is 11.6 Å². The number of halogens is 6. The number of hydrogen-bond acceptors (Lipinski definition) is 8. The molecule has 0 amide bonds. The number of aryl methyl sites for hydroxylation is 1. The zero-order valence-corrected chi connectivity index (χ0v) is 21.8. The van der Waals surface area contributed by atoms with Gasteiger partial charge in [-0.05, 0) is 61.4 Å². The minimum Gasteiger partial charge on any atom is -0.406 e. The molecule has 0 spiro atoms. The van der Waals surface area contributed by atoms with Gasteiger partial charge in [0.25, 0.3) is 5.89 Å². The molecule has 218 valence electrons. The first kappa shape index (κ1) is 28.4. The number of hydrogen-bond donors (Lipinski definition) is 0. The average molecular weight is 582 g/mol. The molecule has 1 aliphatic rings. The van der Waals surface area contributed by atoms with Crippen LogP contribution in [0.2, 0.25) is 0 Å². The molecule has 15 heteroatoms. The second-order valence-electron chi connectivity index (χ2n) is 9.58. The molecule has 9 nitrogen and oxygen atoms in total. The van der Waals surface area contributed by atoms with E-state index >= 15 is 0 Å². The second-order valence-corrected chi connectivity index (χ2v) is 9.58. The highest BCUT2D eigenvalue weighted by Gasteiger charge is 2.32. The predicted molar refractivity (Wildman–Crippen MR) is 135 cm³/mol. The molecule has 0 unspecified atom stereocenters. The van der Waals surface area contributed by atoms with Gasteiger partial charge in [-0.25, -0.2) is 4.98 Å².